The highest BCUT2D eigenvalue weighted by Crippen LogP contribution is 2.69. The Kier molecular flexibility index (Phi) is 5.91. The molecule has 0 unspecified atom stereocenters. The third-order valence-corrected chi connectivity index (χ3v) is 8.84. The number of hydrogen-bond donors (Lipinski definition) is 1. The predicted octanol–water partition coefficient (Wildman–Crippen LogP) is 7.63. The Hall–Kier alpha value is -2.72. The number of carboxylic acid groups (broad SMARTS) is 1. The molecule has 4 heteroatoms. The highest BCUT2D eigenvalue weighted by molar-refractivity contribution is 8.30. The van der Waals surface area contributed by atoms with E-state index in [1.807, 2.05) is 60.7 Å². The molecule has 4 rings (SSSR count). The standard InChI is InChI=1S/C25H26O3S/c26-25(27)28-29(22-12-6-2-7-13-22,23-14-8-3-9-15-23)24-18-16-21(17-19-24)20-10-4-1-5-11-20/h2-3,6-9,12-20H,1,4-5,10-11H2,(H,26,27). The van der Waals surface area contributed by atoms with Crippen molar-refractivity contribution in [1.82, 2.24) is 0 Å². The van der Waals surface area contributed by atoms with Crippen LogP contribution < -0.4 is 0 Å². The lowest BCUT2D eigenvalue weighted by Crippen LogP contribution is -2.12. The van der Waals surface area contributed by atoms with Gasteiger partial charge >= 0.3 is 6.16 Å². The normalized spacial score (nSPS) is 15.6. The summed E-state index contributed by atoms with van der Waals surface area (Å²) in [7, 11) is -2.38. The molecule has 3 aromatic rings. The highest BCUT2D eigenvalue weighted by atomic mass is 32.3. The lowest BCUT2D eigenvalue weighted by molar-refractivity contribution is 0.150. The topological polar surface area (TPSA) is 46.5 Å². The number of carbonyl (C=O) groups is 1. The van der Waals surface area contributed by atoms with Crippen molar-refractivity contribution in [2.45, 2.75) is 52.7 Å². The smallest absolute Gasteiger partial charge is 0.449 e. The van der Waals surface area contributed by atoms with Gasteiger partial charge in [-0.15, -0.1) is 0 Å². The minimum Gasteiger partial charge on any atom is -0.449 e. The molecular weight excluding hydrogens is 380 g/mol. The van der Waals surface area contributed by atoms with Crippen molar-refractivity contribution in [1.29, 1.82) is 0 Å². The fraction of sp³-hybridized carbons (Fsp3) is 0.240. The molecule has 3 nitrogen and oxygen atoms in total. The largest absolute Gasteiger partial charge is 0.517 e. The van der Waals surface area contributed by atoms with Crippen LogP contribution in [-0.4, -0.2) is 11.3 Å². The summed E-state index contributed by atoms with van der Waals surface area (Å²) in [4.78, 5) is 14.5. The Morgan fingerprint density at radius 3 is 1.69 bits per heavy atom. The van der Waals surface area contributed by atoms with E-state index in [4.69, 9.17) is 4.18 Å². The summed E-state index contributed by atoms with van der Waals surface area (Å²) in [5.74, 6) is 0.607. The molecule has 0 aliphatic heterocycles. The molecule has 0 atom stereocenters. The van der Waals surface area contributed by atoms with Crippen molar-refractivity contribution in [2.24, 2.45) is 0 Å². The van der Waals surface area contributed by atoms with Crippen molar-refractivity contribution in [3.63, 3.8) is 0 Å². The summed E-state index contributed by atoms with van der Waals surface area (Å²) < 4.78 is 5.78. The van der Waals surface area contributed by atoms with E-state index in [1.165, 1.54) is 37.7 Å². The number of rotatable bonds is 5. The van der Waals surface area contributed by atoms with Crippen LogP contribution in [0.25, 0.3) is 0 Å². The molecule has 0 amide bonds. The molecule has 1 aliphatic rings. The fourth-order valence-corrected chi connectivity index (χ4v) is 7.17. The zero-order valence-corrected chi connectivity index (χ0v) is 17.2. The summed E-state index contributed by atoms with van der Waals surface area (Å²) in [6.07, 6.45) is 5.12. The quantitative estimate of drug-likeness (QED) is 0.474. The maximum Gasteiger partial charge on any atom is 0.517 e. The maximum atomic E-state index is 11.8. The van der Waals surface area contributed by atoms with Crippen LogP contribution in [0, 0.1) is 0 Å². The molecule has 0 radical (unpaired) electrons. The van der Waals surface area contributed by atoms with Gasteiger partial charge < -0.3 is 9.29 Å². The molecule has 1 aliphatic carbocycles. The number of hydrogen-bond acceptors (Lipinski definition) is 2. The third-order valence-electron chi connectivity index (χ3n) is 5.64. The van der Waals surface area contributed by atoms with Crippen LogP contribution in [0.3, 0.4) is 0 Å². The molecule has 0 saturated heterocycles. The Balaban J connectivity index is 1.84. The van der Waals surface area contributed by atoms with Gasteiger partial charge in [-0.2, -0.15) is 0 Å². The van der Waals surface area contributed by atoms with Gasteiger partial charge in [-0.1, -0.05) is 67.8 Å². The van der Waals surface area contributed by atoms with Gasteiger partial charge in [0.25, 0.3) is 0 Å². The van der Waals surface area contributed by atoms with E-state index in [0.29, 0.717) is 5.92 Å². The molecule has 0 spiro atoms. The van der Waals surface area contributed by atoms with E-state index in [9.17, 15) is 9.90 Å². The van der Waals surface area contributed by atoms with Gasteiger partial charge in [-0.3, -0.25) is 0 Å². The first-order valence-electron chi connectivity index (χ1n) is 10.2. The van der Waals surface area contributed by atoms with Crippen LogP contribution in [-0.2, 0) is 4.18 Å². The second kappa shape index (κ2) is 8.75. The molecule has 150 valence electrons. The minimum absolute atomic E-state index is 0.607. The summed E-state index contributed by atoms with van der Waals surface area (Å²) in [6, 6.07) is 27.9. The molecule has 1 fully saturated rings. The van der Waals surface area contributed by atoms with Gasteiger partial charge in [0.2, 0.25) is 0 Å². The van der Waals surface area contributed by atoms with Crippen LogP contribution >= 0.6 is 10.3 Å². The summed E-state index contributed by atoms with van der Waals surface area (Å²) in [5, 5.41) is 9.69. The monoisotopic (exact) mass is 406 g/mol. The second-order valence-electron chi connectivity index (χ2n) is 7.44. The zero-order valence-electron chi connectivity index (χ0n) is 16.4. The molecule has 3 aromatic carbocycles. The van der Waals surface area contributed by atoms with Crippen LogP contribution in [0.4, 0.5) is 4.79 Å². The zero-order chi connectivity index (χ0) is 20.1. The molecule has 1 saturated carbocycles. The van der Waals surface area contributed by atoms with E-state index in [1.54, 1.807) is 0 Å². The average molecular weight is 407 g/mol. The van der Waals surface area contributed by atoms with Crippen molar-refractivity contribution >= 4 is 16.5 Å². The van der Waals surface area contributed by atoms with E-state index >= 15 is 0 Å². The van der Waals surface area contributed by atoms with Crippen LogP contribution in [0.5, 0.6) is 0 Å². The van der Waals surface area contributed by atoms with Crippen molar-refractivity contribution in [3.8, 4) is 0 Å². The lowest BCUT2D eigenvalue weighted by atomic mass is 9.84. The van der Waals surface area contributed by atoms with Gasteiger partial charge in [0.15, 0.2) is 0 Å². The summed E-state index contributed by atoms with van der Waals surface area (Å²) in [6.45, 7) is 0. The van der Waals surface area contributed by atoms with E-state index in [0.717, 1.165) is 14.7 Å². The number of benzene rings is 3. The van der Waals surface area contributed by atoms with Crippen molar-refractivity contribution in [3.05, 3.63) is 90.5 Å². The highest BCUT2D eigenvalue weighted by Gasteiger charge is 2.35. The van der Waals surface area contributed by atoms with Gasteiger partial charge in [0.05, 0.1) is 0 Å². The van der Waals surface area contributed by atoms with E-state index in [-0.39, 0.29) is 0 Å². The molecule has 0 heterocycles. The summed E-state index contributed by atoms with van der Waals surface area (Å²) in [5.41, 5.74) is 1.35. The molecule has 29 heavy (non-hydrogen) atoms. The molecule has 1 N–H and O–H groups in total. The van der Waals surface area contributed by atoms with E-state index < -0.39 is 16.5 Å². The van der Waals surface area contributed by atoms with Gasteiger partial charge in [0.1, 0.15) is 0 Å². The molecule has 0 bridgehead atoms. The second-order valence-corrected chi connectivity index (χ2v) is 10.1. The minimum atomic E-state index is -2.38. The van der Waals surface area contributed by atoms with Gasteiger partial charge in [-0.25, -0.2) is 4.79 Å². The van der Waals surface area contributed by atoms with Crippen LogP contribution in [0.15, 0.2) is 99.6 Å². The lowest BCUT2D eigenvalue weighted by Gasteiger charge is -2.38. The molecule has 0 aromatic heterocycles. The third kappa shape index (κ3) is 4.03. The maximum absolute atomic E-state index is 11.8. The van der Waals surface area contributed by atoms with Crippen LogP contribution in [0.2, 0.25) is 0 Å². The predicted molar refractivity (Wildman–Crippen MR) is 117 cm³/mol. The Morgan fingerprint density at radius 2 is 1.21 bits per heavy atom. The van der Waals surface area contributed by atoms with Crippen molar-refractivity contribution in [2.75, 3.05) is 0 Å². The van der Waals surface area contributed by atoms with Crippen molar-refractivity contribution < 1.29 is 14.1 Å². The van der Waals surface area contributed by atoms with Gasteiger partial charge in [-0.05, 0) is 71.0 Å². The van der Waals surface area contributed by atoms with Crippen LogP contribution in [0.1, 0.15) is 43.6 Å². The SMILES string of the molecule is O=C(O)OS(c1ccccc1)(c1ccccc1)c1ccc(C2CCCCC2)cc1. The first-order chi connectivity index (χ1) is 14.2. The Bertz CT molecular complexity index is 893. The average Bonchev–Trinajstić information content (AvgIpc) is 2.79. The molecular formula is C25H26O3S. The Morgan fingerprint density at radius 1 is 0.724 bits per heavy atom. The first kappa shape index (κ1) is 19.6. The Labute approximate surface area is 173 Å². The van der Waals surface area contributed by atoms with E-state index in [2.05, 4.69) is 24.3 Å². The summed E-state index contributed by atoms with van der Waals surface area (Å²) >= 11 is 0. The fourth-order valence-electron chi connectivity index (χ4n) is 4.25. The van der Waals surface area contributed by atoms with Gasteiger partial charge in [0, 0.05) is 14.7 Å². The first-order valence-corrected chi connectivity index (χ1v) is 11.7.